The lowest BCUT2D eigenvalue weighted by atomic mass is 9.56. The summed E-state index contributed by atoms with van der Waals surface area (Å²) in [6.45, 7) is 8.54. The van der Waals surface area contributed by atoms with Crippen molar-refractivity contribution in [2.24, 2.45) is 23.7 Å². The minimum absolute atomic E-state index is 0.134. The molecule has 0 radical (unpaired) electrons. The maximum atomic E-state index is 11.0. The molecule has 0 aromatic rings. The first-order chi connectivity index (χ1) is 7.86. The number of rotatable bonds is 1. The topological polar surface area (TPSA) is 40.5 Å². The lowest BCUT2D eigenvalue weighted by Gasteiger charge is -2.53. The van der Waals surface area contributed by atoms with Gasteiger partial charge in [-0.15, -0.1) is 0 Å². The van der Waals surface area contributed by atoms with Crippen molar-refractivity contribution in [3.05, 3.63) is 11.6 Å². The molecule has 2 aliphatic rings. The van der Waals surface area contributed by atoms with Crippen LogP contribution in [0.2, 0.25) is 0 Å². The molecular formula is C15H26O2. The second-order valence-electron chi connectivity index (χ2n) is 6.56. The van der Waals surface area contributed by atoms with Crippen LogP contribution in [0.25, 0.3) is 0 Å². The van der Waals surface area contributed by atoms with Crippen LogP contribution in [0.3, 0.4) is 0 Å². The molecule has 2 N–H and O–H groups in total. The van der Waals surface area contributed by atoms with Crippen LogP contribution in [-0.2, 0) is 0 Å². The Kier molecular flexibility index (Phi) is 3.39. The Morgan fingerprint density at radius 1 is 1.41 bits per heavy atom. The lowest BCUT2D eigenvalue weighted by molar-refractivity contribution is -0.150. The molecule has 5 unspecified atom stereocenters. The van der Waals surface area contributed by atoms with Gasteiger partial charge in [0.05, 0.1) is 11.7 Å². The number of hydrogen-bond acceptors (Lipinski definition) is 2. The minimum Gasteiger partial charge on any atom is -0.393 e. The van der Waals surface area contributed by atoms with E-state index in [9.17, 15) is 10.2 Å². The molecular weight excluding hydrogens is 212 g/mol. The summed E-state index contributed by atoms with van der Waals surface area (Å²) in [6.07, 6.45) is 4.56. The van der Waals surface area contributed by atoms with E-state index in [4.69, 9.17) is 0 Å². The van der Waals surface area contributed by atoms with Crippen molar-refractivity contribution in [3.8, 4) is 0 Å². The molecule has 0 aromatic heterocycles. The first-order valence-corrected chi connectivity index (χ1v) is 6.94. The maximum absolute atomic E-state index is 11.0. The molecule has 2 nitrogen and oxygen atoms in total. The third-order valence-corrected chi connectivity index (χ3v) is 5.04. The Hall–Kier alpha value is -0.340. The van der Waals surface area contributed by atoms with Gasteiger partial charge in [-0.25, -0.2) is 0 Å². The molecule has 0 saturated heterocycles. The zero-order valence-electron chi connectivity index (χ0n) is 11.5. The van der Waals surface area contributed by atoms with Gasteiger partial charge in [-0.1, -0.05) is 32.4 Å². The summed E-state index contributed by atoms with van der Waals surface area (Å²) in [5, 5.41) is 21.3. The predicted octanol–water partition coefficient (Wildman–Crippen LogP) is 2.75. The van der Waals surface area contributed by atoms with Crippen LogP contribution in [0.5, 0.6) is 0 Å². The highest BCUT2D eigenvalue weighted by Crippen LogP contribution is 2.50. The van der Waals surface area contributed by atoms with E-state index >= 15 is 0 Å². The number of fused-ring (bicyclic) bond motifs is 1. The van der Waals surface area contributed by atoms with Crippen LogP contribution < -0.4 is 0 Å². The van der Waals surface area contributed by atoms with Gasteiger partial charge in [-0.2, -0.15) is 0 Å². The highest BCUT2D eigenvalue weighted by molar-refractivity contribution is 5.18. The van der Waals surface area contributed by atoms with Crippen molar-refractivity contribution < 1.29 is 10.2 Å². The van der Waals surface area contributed by atoms with E-state index in [2.05, 4.69) is 33.8 Å². The fourth-order valence-corrected chi connectivity index (χ4v) is 3.94. The number of aliphatic hydroxyl groups excluding tert-OH is 1. The number of hydrogen-bond donors (Lipinski definition) is 2. The Morgan fingerprint density at radius 2 is 2.06 bits per heavy atom. The van der Waals surface area contributed by atoms with Gasteiger partial charge in [-0.3, -0.25) is 0 Å². The largest absolute Gasteiger partial charge is 0.393 e. The second-order valence-corrected chi connectivity index (χ2v) is 6.56. The van der Waals surface area contributed by atoms with E-state index in [0.29, 0.717) is 5.92 Å². The summed E-state index contributed by atoms with van der Waals surface area (Å²) in [5.74, 6) is 0.944. The van der Waals surface area contributed by atoms with Gasteiger partial charge < -0.3 is 10.2 Å². The molecule has 0 spiro atoms. The highest BCUT2D eigenvalue weighted by Gasteiger charge is 2.52. The van der Waals surface area contributed by atoms with Crippen molar-refractivity contribution in [1.29, 1.82) is 0 Å². The van der Waals surface area contributed by atoms with Crippen molar-refractivity contribution in [2.45, 2.75) is 58.7 Å². The summed E-state index contributed by atoms with van der Waals surface area (Å²) in [7, 11) is 0. The molecule has 1 fully saturated rings. The van der Waals surface area contributed by atoms with Crippen molar-refractivity contribution in [3.63, 3.8) is 0 Å². The van der Waals surface area contributed by atoms with Crippen LogP contribution in [-0.4, -0.2) is 21.9 Å². The lowest BCUT2D eigenvalue weighted by Crippen LogP contribution is -2.57. The van der Waals surface area contributed by atoms with Crippen molar-refractivity contribution in [1.82, 2.24) is 0 Å². The quantitative estimate of drug-likeness (QED) is 0.690. The summed E-state index contributed by atoms with van der Waals surface area (Å²) in [6, 6.07) is 0. The third kappa shape index (κ3) is 2.06. The van der Waals surface area contributed by atoms with Crippen molar-refractivity contribution in [2.75, 3.05) is 0 Å². The molecule has 5 atom stereocenters. The monoisotopic (exact) mass is 238 g/mol. The van der Waals surface area contributed by atoms with E-state index in [1.165, 1.54) is 5.57 Å². The number of allylic oxidation sites excluding steroid dienone is 1. The molecule has 0 heterocycles. The van der Waals surface area contributed by atoms with Crippen LogP contribution in [0, 0.1) is 23.7 Å². The first kappa shape index (κ1) is 13.1. The van der Waals surface area contributed by atoms with Gasteiger partial charge >= 0.3 is 0 Å². The van der Waals surface area contributed by atoms with Gasteiger partial charge in [0.25, 0.3) is 0 Å². The van der Waals surface area contributed by atoms with E-state index in [-0.39, 0.29) is 23.9 Å². The van der Waals surface area contributed by atoms with Crippen LogP contribution >= 0.6 is 0 Å². The van der Waals surface area contributed by atoms with Crippen molar-refractivity contribution >= 4 is 0 Å². The van der Waals surface area contributed by atoms with Crippen LogP contribution in [0.4, 0.5) is 0 Å². The molecule has 0 bridgehead atoms. The molecule has 2 aliphatic carbocycles. The van der Waals surface area contributed by atoms with E-state index in [0.717, 1.165) is 19.3 Å². The van der Waals surface area contributed by atoms with Gasteiger partial charge in [0, 0.05) is 5.92 Å². The molecule has 0 aromatic carbocycles. The van der Waals surface area contributed by atoms with Gasteiger partial charge in [-0.05, 0) is 43.9 Å². The summed E-state index contributed by atoms with van der Waals surface area (Å²) < 4.78 is 0. The SMILES string of the molecule is CC1=CC2C(C(C)C)C(O)CC(C)C2(O)CC1. The molecule has 17 heavy (non-hydrogen) atoms. The fourth-order valence-electron chi connectivity index (χ4n) is 3.94. The zero-order valence-corrected chi connectivity index (χ0v) is 11.5. The molecule has 0 amide bonds. The molecule has 1 saturated carbocycles. The van der Waals surface area contributed by atoms with Crippen LogP contribution in [0.15, 0.2) is 11.6 Å². The zero-order chi connectivity index (χ0) is 12.8. The Morgan fingerprint density at radius 3 is 2.65 bits per heavy atom. The Labute approximate surface area is 105 Å². The minimum atomic E-state index is -0.590. The van der Waals surface area contributed by atoms with E-state index in [1.54, 1.807) is 0 Å². The smallest absolute Gasteiger partial charge is 0.0743 e. The van der Waals surface area contributed by atoms with Crippen LogP contribution in [0.1, 0.15) is 47.0 Å². The maximum Gasteiger partial charge on any atom is 0.0743 e. The Bertz CT molecular complexity index is 321. The number of aliphatic hydroxyl groups is 2. The molecule has 98 valence electrons. The normalized spacial score (nSPS) is 46.6. The summed E-state index contributed by atoms with van der Waals surface area (Å²) >= 11 is 0. The standard InChI is InChI=1S/C15H26O2/c1-9(2)14-12-7-10(3)5-6-15(12,17)11(4)8-13(14)16/h7,9,11-14,16-17H,5-6,8H2,1-4H3. The average Bonchev–Trinajstić information content (AvgIpc) is 2.21. The Balaban J connectivity index is 2.39. The third-order valence-electron chi connectivity index (χ3n) is 5.04. The molecule has 2 heteroatoms. The highest BCUT2D eigenvalue weighted by atomic mass is 16.3. The van der Waals surface area contributed by atoms with Gasteiger partial charge in [0.15, 0.2) is 0 Å². The molecule has 0 aliphatic heterocycles. The average molecular weight is 238 g/mol. The van der Waals surface area contributed by atoms with Gasteiger partial charge in [0.2, 0.25) is 0 Å². The van der Waals surface area contributed by atoms with E-state index < -0.39 is 5.60 Å². The molecule has 2 rings (SSSR count). The van der Waals surface area contributed by atoms with E-state index in [1.807, 2.05) is 0 Å². The summed E-state index contributed by atoms with van der Waals surface area (Å²) in [5.41, 5.74) is 0.778. The predicted molar refractivity (Wildman–Crippen MR) is 69.5 cm³/mol. The van der Waals surface area contributed by atoms with Gasteiger partial charge in [0.1, 0.15) is 0 Å². The summed E-state index contributed by atoms with van der Waals surface area (Å²) in [4.78, 5) is 0. The second kappa shape index (κ2) is 4.40. The fraction of sp³-hybridized carbons (Fsp3) is 0.867. The first-order valence-electron chi connectivity index (χ1n) is 6.94.